The van der Waals surface area contributed by atoms with Crippen LogP contribution in [0.25, 0.3) is 0 Å². The molecule has 16 heavy (non-hydrogen) atoms. The summed E-state index contributed by atoms with van der Waals surface area (Å²) in [5, 5.41) is 2.87. The minimum Gasteiger partial charge on any atom is -0.160 e. The lowest BCUT2D eigenvalue weighted by Gasteiger charge is -2.09. The van der Waals surface area contributed by atoms with Gasteiger partial charge in [0.25, 0.3) is 0 Å². The molecule has 0 aromatic carbocycles. The summed E-state index contributed by atoms with van der Waals surface area (Å²) in [6, 6.07) is 0. The van der Waals surface area contributed by atoms with Crippen molar-refractivity contribution in [2.45, 2.75) is 22.7 Å². The van der Waals surface area contributed by atoms with E-state index in [-0.39, 0.29) is 0 Å². The third-order valence-electron chi connectivity index (χ3n) is 2.40. The van der Waals surface area contributed by atoms with Gasteiger partial charge in [-0.2, -0.15) is 58.8 Å². The summed E-state index contributed by atoms with van der Waals surface area (Å²) >= 11 is 10.7. The van der Waals surface area contributed by atoms with Crippen LogP contribution in [0.5, 0.6) is 0 Å². The van der Waals surface area contributed by atoms with Gasteiger partial charge >= 0.3 is 0 Å². The molecule has 0 aromatic rings. The fraction of sp³-hybridized carbons (Fsp3) is 1.00. The topological polar surface area (TPSA) is 0 Å². The molecule has 2 heterocycles. The monoisotopic (exact) mass is 312 g/mol. The molecule has 3 atom stereocenters. The molecular weight excluding hydrogens is 292 g/mol. The molecule has 0 bridgehead atoms. The van der Waals surface area contributed by atoms with Crippen molar-refractivity contribution in [2.24, 2.45) is 0 Å². The third-order valence-corrected chi connectivity index (χ3v) is 8.92. The zero-order valence-corrected chi connectivity index (χ0v) is 13.8. The van der Waals surface area contributed by atoms with Crippen LogP contribution >= 0.6 is 58.8 Å². The molecule has 2 aliphatic heterocycles. The lowest BCUT2D eigenvalue weighted by molar-refractivity contribution is 1.12. The third kappa shape index (κ3) is 7.24. The molecule has 2 fully saturated rings. The van der Waals surface area contributed by atoms with Gasteiger partial charge in [0, 0.05) is 56.0 Å². The Morgan fingerprint density at radius 2 is 1.69 bits per heavy atom. The van der Waals surface area contributed by atoms with Crippen molar-refractivity contribution in [2.75, 3.05) is 40.3 Å². The minimum atomic E-state index is 0.857. The Bertz CT molecular complexity index is 191. The van der Waals surface area contributed by atoms with Crippen molar-refractivity contribution < 1.29 is 0 Å². The van der Waals surface area contributed by atoms with Crippen LogP contribution in [0.2, 0.25) is 0 Å². The number of thioether (sulfide) groups is 5. The Morgan fingerprint density at radius 3 is 2.38 bits per heavy atom. The van der Waals surface area contributed by atoms with Gasteiger partial charge in [0.15, 0.2) is 0 Å². The highest BCUT2D eigenvalue weighted by Crippen LogP contribution is 2.35. The maximum Gasteiger partial charge on any atom is 0.0229 e. The predicted octanol–water partition coefficient (Wildman–Crippen LogP) is 3.81. The van der Waals surface area contributed by atoms with E-state index in [0.717, 1.165) is 15.7 Å². The Kier molecular flexibility index (Phi) is 7.11. The molecule has 2 aliphatic rings. The van der Waals surface area contributed by atoms with E-state index in [1.54, 1.807) is 0 Å². The fourth-order valence-electron chi connectivity index (χ4n) is 1.23. The van der Waals surface area contributed by atoms with Crippen LogP contribution in [-0.4, -0.2) is 56.0 Å². The van der Waals surface area contributed by atoms with Crippen molar-refractivity contribution >= 4 is 58.8 Å². The summed E-state index contributed by atoms with van der Waals surface area (Å²) in [5.74, 6) is 9.69. The molecule has 0 amide bonds. The smallest absolute Gasteiger partial charge is 0.0229 e. The molecule has 0 aliphatic carbocycles. The highest BCUT2D eigenvalue weighted by atomic mass is 32.2. The van der Waals surface area contributed by atoms with E-state index >= 15 is 0 Å². The number of hydrogen-bond donors (Lipinski definition) is 0. The molecule has 94 valence electrons. The fourth-order valence-corrected chi connectivity index (χ4v) is 6.65. The molecule has 0 spiro atoms. The quantitative estimate of drug-likeness (QED) is 0.443. The van der Waals surface area contributed by atoms with Crippen LogP contribution in [0.1, 0.15) is 6.92 Å². The molecule has 0 nitrogen and oxygen atoms in total. The summed E-state index contributed by atoms with van der Waals surface area (Å²) in [4.78, 5) is 0. The van der Waals surface area contributed by atoms with E-state index in [1.807, 2.05) is 0 Å². The lowest BCUT2D eigenvalue weighted by atomic mass is 10.6. The van der Waals surface area contributed by atoms with Crippen LogP contribution in [0.3, 0.4) is 0 Å². The first kappa shape index (κ1) is 14.2. The first-order chi connectivity index (χ1) is 7.84. The Balaban J connectivity index is 1.32. The second kappa shape index (κ2) is 8.03. The minimum absolute atomic E-state index is 0.857. The number of rotatable bonds is 10. The van der Waals surface area contributed by atoms with Crippen molar-refractivity contribution in [3.63, 3.8) is 0 Å². The summed E-state index contributed by atoms with van der Waals surface area (Å²) in [6.45, 7) is 2.39. The van der Waals surface area contributed by atoms with Crippen molar-refractivity contribution in [1.29, 1.82) is 0 Å². The average Bonchev–Trinajstić information content (AvgIpc) is 3.15. The maximum absolute atomic E-state index is 2.39. The lowest BCUT2D eigenvalue weighted by Crippen LogP contribution is -2.04. The highest BCUT2D eigenvalue weighted by Gasteiger charge is 2.23. The van der Waals surface area contributed by atoms with E-state index in [1.165, 1.54) is 40.3 Å². The van der Waals surface area contributed by atoms with Crippen LogP contribution in [0.4, 0.5) is 0 Å². The summed E-state index contributed by atoms with van der Waals surface area (Å²) in [6.07, 6.45) is 0. The van der Waals surface area contributed by atoms with Gasteiger partial charge in [-0.1, -0.05) is 6.92 Å². The van der Waals surface area contributed by atoms with Gasteiger partial charge in [0.1, 0.15) is 0 Å². The molecule has 2 rings (SSSR count). The Morgan fingerprint density at radius 1 is 1.06 bits per heavy atom. The van der Waals surface area contributed by atoms with Crippen LogP contribution < -0.4 is 0 Å². The van der Waals surface area contributed by atoms with Gasteiger partial charge in [0.05, 0.1) is 0 Å². The van der Waals surface area contributed by atoms with Crippen LogP contribution in [-0.2, 0) is 0 Å². The van der Waals surface area contributed by atoms with E-state index in [0.29, 0.717) is 0 Å². The molecule has 2 saturated heterocycles. The van der Waals surface area contributed by atoms with Gasteiger partial charge in [0.2, 0.25) is 0 Å². The van der Waals surface area contributed by atoms with Gasteiger partial charge < -0.3 is 0 Å². The van der Waals surface area contributed by atoms with E-state index in [9.17, 15) is 0 Å². The van der Waals surface area contributed by atoms with Crippen molar-refractivity contribution in [1.82, 2.24) is 0 Å². The van der Waals surface area contributed by atoms with E-state index in [2.05, 4.69) is 65.7 Å². The molecule has 0 aromatic heterocycles. The van der Waals surface area contributed by atoms with Gasteiger partial charge in [-0.3, -0.25) is 0 Å². The zero-order valence-electron chi connectivity index (χ0n) is 9.72. The summed E-state index contributed by atoms with van der Waals surface area (Å²) in [7, 11) is 0. The highest BCUT2D eigenvalue weighted by molar-refractivity contribution is 8.09. The van der Waals surface area contributed by atoms with Crippen LogP contribution in [0.15, 0.2) is 0 Å². The number of hydrogen-bond acceptors (Lipinski definition) is 5. The molecule has 0 saturated carbocycles. The largest absolute Gasteiger partial charge is 0.160 e. The zero-order chi connectivity index (χ0) is 11.2. The van der Waals surface area contributed by atoms with Gasteiger partial charge in [-0.15, -0.1) is 0 Å². The normalized spacial score (nSPS) is 29.1. The van der Waals surface area contributed by atoms with Crippen LogP contribution in [0, 0.1) is 0 Å². The summed E-state index contributed by atoms with van der Waals surface area (Å²) < 4.78 is 0. The Labute approximate surface area is 121 Å². The van der Waals surface area contributed by atoms with Crippen molar-refractivity contribution in [3.8, 4) is 0 Å². The summed E-state index contributed by atoms with van der Waals surface area (Å²) in [5.41, 5.74) is 0. The predicted molar refractivity (Wildman–Crippen MR) is 89.1 cm³/mol. The second-order valence-electron chi connectivity index (χ2n) is 4.20. The first-order valence-electron chi connectivity index (χ1n) is 5.85. The Hall–Kier alpha value is 1.75. The van der Waals surface area contributed by atoms with Crippen molar-refractivity contribution in [3.05, 3.63) is 0 Å². The second-order valence-corrected chi connectivity index (χ2v) is 10.6. The van der Waals surface area contributed by atoms with E-state index < -0.39 is 0 Å². The molecule has 0 N–H and O–H groups in total. The standard InChI is InChI=1S/C11H20S5/c1-9(14-6-11-8-16-11)4-12-2-3-13-5-10-7-15-10/h9-11H,2-8H2,1H3. The van der Waals surface area contributed by atoms with E-state index in [4.69, 9.17) is 0 Å². The molecule has 5 heteroatoms. The average molecular weight is 313 g/mol. The first-order valence-corrected chi connectivity index (χ1v) is 11.3. The molecule has 0 radical (unpaired) electrons. The van der Waals surface area contributed by atoms with Gasteiger partial charge in [-0.05, 0) is 0 Å². The van der Waals surface area contributed by atoms with Gasteiger partial charge in [-0.25, -0.2) is 0 Å². The maximum atomic E-state index is 2.39. The molecule has 3 unspecified atom stereocenters. The molecular formula is C11H20S5. The SMILES string of the molecule is CC(CSCCSCC1CS1)SCC1CS1.